The molecule has 1 aliphatic rings. The lowest BCUT2D eigenvalue weighted by molar-refractivity contribution is -0.143. The molecule has 0 aliphatic heterocycles. The van der Waals surface area contributed by atoms with Gasteiger partial charge in [0.15, 0.2) is 0 Å². The summed E-state index contributed by atoms with van der Waals surface area (Å²) in [5.74, 6) is -0.114. The number of benzene rings is 1. The second-order valence-corrected chi connectivity index (χ2v) is 6.55. The highest BCUT2D eigenvalue weighted by atomic mass is 16.4. The number of carbonyl (C=O) groups is 1. The lowest BCUT2D eigenvalue weighted by Crippen LogP contribution is -2.30. The molecule has 1 saturated carbocycles. The Morgan fingerprint density at radius 2 is 1.95 bits per heavy atom. The maximum Gasteiger partial charge on any atom is 0.306 e. The second-order valence-electron chi connectivity index (χ2n) is 6.55. The number of hydrogen-bond acceptors (Lipinski definition) is 2. The first-order chi connectivity index (χ1) is 9.97. The number of carboxylic acids is 1. The molecule has 21 heavy (non-hydrogen) atoms. The minimum atomic E-state index is -0.620. The highest BCUT2D eigenvalue weighted by molar-refractivity contribution is 5.69. The molecule has 2 N–H and O–H groups in total. The standard InChI is InChI=1S/C18H27NO2/c1-12-4-9-17(13(2)10-12)14(3)19-11-15-5-7-16(8-6-15)18(20)21/h4,9-10,14-16,19H,5-8,11H2,1-3H3,(H,20,21). The van der Waals surface area contributed by atoms with Crippen LogP contribution in [-0.2, 0) is 4.79 Å². The van der Waals surface area contributed by atoms with Gasteiger partial charge < -0.3 is 10.4 Å². The molecule has 1 aromatic rings. The molecule has 3 nitrogen and oxygen atoms in total. The molecule has 0 heterocycles. The zero-order valence-corrected chi connectivity index (χ0v) is 13.4. The minimum Gasteiger partial charge on any atom is -0.481 e. The van der Waals surface area contributed by atoms with Crippen LogP contribution in [0.2, 0.25) is 0 Å². The van der Waals surface area contributed by atoms with Crippen LogP contribution >= 0.6 is 0 Å². The van der Waals surface area contributed by atoms with E-state index >= 15 is 0 Å². The Morgan fingerprint density at radius 3 is 2.52 bits per heavy atom. The Labute approximate surface area is 127 Å². The number of aliphatic carboxylic acids is 1. The molecule has 0 amide bonds. The zero-order valence-electron chi connectivity index (χ0n) is 13.4. The second kappa shape index (κ2) is 7.08. The fourth-order valence-electron chi connectivity index (χ4n) is 3.38. The van der Waals surface area contributed by atoms with Crippen LogP contribution in [-0.4, -0.2) is 17.6 Å². The van der Waals surface area contributed by atoms with E-state index in [0.29, 0.717) is 12.0 Å². The molecule has 0 radical (unpaired) electrons. The first kappa shape index (κ1) is 16.0. The number of nitrogens with one attached hydrogen (secondary N) is 1. The molecular weight excluding hydrogens is 262 g/mol. The Hall–Kier alpha value is -1.35. The smallest absolute Gasteiger partial charge is 0.306 e. The molecule has 1 aromatic carbocycles. The Bertz CT molecular complexity index is 490. The van der Waals surface area contributed by atoms with E-state index in [1.165, 1.54) is 16.7 Å². The maximum absolute atomic E-state index is 11.0. The molecular formula is C18H27NO2. The number of carboxylic acid groups (broad SMARTS) is 1. The minimum absolute atomic E-state index is 0.113. The van der Waals surface area contributed by atoms with E-state index in [-0.39, 0.29) is 5.92 Å². The number of rotatable bonds is 5. The lowest BCUT2D eigenvalue weighted by Gasteiger charge is -2.28. The first-order valence-corrected chi connectivity index (χ1v) is 8.00. The van der Waals surface area contributed by atoms with Gasteiger partial charge in [0, 0.05) is 6.04 Å². The van der Waals surface area contributed by atoms with Gasteiger partial charge in [0.1, 0.15) is 0 Å². The van der Waals surface area contributed by atoms with Gasteiger partial charge in [-0.05, 0) is 70.0 Å². The van der Waals surface area contributed by atoms with E-state index in [4.69, 9.17) is 5.11 Å². The van der Waals surface area contributed by atoms with Gasteiger partial charge in [-0.3, -0.25) is 4.79 Å². The van der Waals surface area contributed by atoms with Crippen LogP contribution in [0, 0.1) is 25.7 Å². The summed E-state index contributed by atoms with van der Waals surface area (Å²) < 4.78 is 0. The van der Waals surface area contributed by atoms with E-state index in [0.717, 1.165) is 32.2 Å². The van der Waals surface area contributed by atoms with Crippen molar-refractivity contribution in [1.82, 2.24) is 5.32 Å². The molecule has 0 bridgehead atoms. The summed E-state index contributed by atoms with van der Waals surface area (Å²) in [5.41, 5.74) is 4.00. The summed E-state index contributed by atoms with van der Waals surface area (Å²) in [4.78, 5) is 11.0. The van der Waals surface area contributed by atoms with E-state index in [2.05, 4.69) is 44.3 Å². The number of aryl methyl sites for hydroxylation is 2. The van der Waals surface area contributed by atoms with Crippen LogP contribution in [0.25, 0.3) is 0 Å². The molecule has 1 aliphatic carbocycles. The number of hydrogen-bond donors (Lipinski definition) is 2. The maximum atomic E-state index is 11.0. The van der Waals surface area contributed by atoms with Gasteiger partial charge in [-0.2, -0.15) is 0 Å². The molecule has 0 aromatic heterocycles. The highest BCUT2D eigenvalue weighted by Crippen LogP contribution is 2.29. The summed E-state index contributed by atoms with van der Waals surface area (Å²) in [6, 6.07) is 6.95. The molecule has 2 rings (SSSR count). The van der Waals surface area contributed by atoms with Crippen LogP contribution in [0.3, 0.4) is 0 Å². The van der Waals surface area contributed by atoms with Crippen LogP contribution in [0.4, 0.5) is 0 Å². The largest absolute Gasteiger partial charge is 0.481 e. The third kappa shape index (κ3) is 4.31. The third-order valence-corrected chi connectivity index (χ3v) is 4.80. The van der Waals surface area contributed by atoms with Crippen molar-refractivity contribution >= 4 is 5.97 Å². The van der Waals surface area contributed by atoms with Crippen molar-refractivity contribution in [3.63, 3.8) is 0 Å². The van der Waals surface area contributed by atoms with Crippen molar-refractivity contribution in [3.05, 3.63) is 34.9 Å². The van der Waals surface area contributed by atoms with Gasteiger partial charge in [0.25, 0.3) is 0 Å². The van der Waals surface area contributed by atoms with Gasteiger partial charge in [-0.15, -0.1) is 0 Å². The Kier molecular flexibility index (Phi) is 5.40. The summed E-state index contributed by atoms with van der Waals surface area (Å²) in [6.45, 7) is 7.48. The van der Waals surface area contributed by atoms with Crippen LogP contribution < -0.4 is 5.32 Å². The van der Waals surface area contributed by atoms with Crippen molar-refractivity contribution in [3.8, 4) is 0 Å². The van der Waals surface area contributed by atoms with Gasteiger partial charge in [0.2, 0.25) is 0 Å². The van der Waals surface area contributed by atoms with E-state index in [9.17, 15) is 4.79 Å². The Balaban J connectivity index is 1.82. The normalized spacial score (nSPS) is 23.8. The average molecular weight is 289 g/mol. The highest BCUT2D eigenvalue weighted by Gasteiger charge is 2.25. The van der Waals surface area contributed by atoms with Crippen LogP contribution in [0.5, 0.6) is 0 Å². The SMILES string of the molecule is Cc1ccc(C(C)NCC2CCC(C(=O)O)CC2)c(C)c1. The molecule has 0 saturated heterocycles. The zero-order chi connectivity index (χ0) is 15.4. The summed E-state index contributed by atoms with van der Waals surface area (Å²) >= 11 is 0. The summed E-state index contributed by atoms with van der Waals surface area (Å²) in [5, 5.41) is 12.7. The van der Waals surface area contributed by atoms with Gasteiger partial charge in [-0.1, -0.05) is 23.8 Å². The Morgan fingerprint density at radius 1 is 1.29 bits per heavy atom. The quantitative estimate of drug-likeness (QED) is 0.865. The monoisotopic (exact) mass is 289 g/mol. The molecule has 1 unspecified atom stereocenters. The summed E-state index contributed by atoms with van der Waals surface area (Å²) in [7, 11) is 0. The van der Waals surface area contributed by atoms with Crippen molar-refractivity contribution in [2.75, 3.05) is 6.54 Å². The fourth-order valence-corrected chi connectivity index (χ4v) is 3.38. The predicted octanol–water partition coefficient (Wildman–Crippen LogP) is 3.85. The van der Waals surface area contributed by atoms with Gasteiger partial charge in [-0.25, -0.2) is 0 Å². The molecule has 1 atom stereocenters. The van der Waals surface area contributed by atoms with Gasteiger partial charge in [0.05, 0.1) is 5.92 Å². The lowest BCUT2D eigenvalue weighted by atomic mass is 9.82. The van der Waals surface area contributed by atoms with Gasteiger partial charge >= 0.3 is 5.97 Å². The van der Waals surface area contributed by atoms with E-state index < -0.39 is 5.97 Å². The predicted molar refractivity (Wildman–Crippen MR) is 85.4 cm³/mol. The van der Waals surface area contributed by atoms with E-state index in [1.807, 2.05) is 0 Å². The molecule has 3 heteroatoms. The first-order valence-electron chi connectivity index (χ1n) is 8.00. The molecule has 1 fully saturated rings. The third-order valence-electron chi connectivity index (χ3n) is 4.80. The van der Waals surface area contributed by atoms with Crippen molar-refractivity contribution in [1.29, 1.82) is 0 Å². The fraction of sp³-hybridized carbons (Fsp3) is 0.611. The van der Waals surface area contributed by atoms with Crippen molar-refractivity contribution in [2.45, 2.75) is 52.5 Å². The molecule has 116 valence electrons. The van der Waals surface area contributed by atoms with Crippen LogP contribution in [0.1, 0.15) is 55.3 Å². The van der Waals surface area contributed by atoms with Crippen LogP contribution in [0.15, 0.2) is 18.2 Å². The van der Waals surface area contributed by atoms with Crippen molar-refractivity contribution < 1.29 is 9.90 Å². The average Bonchev–Trinajstić information content (AvgIpc) is 2.45. The summed E-state index contributed by atoms with van der Waals surface area (Å²) in [6.07, 6.45) is 3.73. The topological polar surface area (TPSA) is 49.3 Å². The van der Waals surface area contributed by atoms with Crippen molar-refractivity contribution in [2.24, 2.45) is 11.8 Å². The van der Waals surface area contributed by atoms with E-state index in [1.54, 1.807) is 0 Å². The molecule has 0 spiro atoms.